The molecule has 2 N–H and O–H groups in total. The van der Waals surface area contributed by atoms with Crippen LogP contribution in [0, 0.1) is 6.92 Å². The van der Waals surface area contributed by atoms with E-state index in [0.717, 1.165) is 10.9 Å². The normalized spacial score (nSPS) is 10.8. The van der Waals surface area contributed by atoms with Crippen molar-refractivity contribution in [2.24, 2.45) is 0 Å². The van der Waals surface area contributed by atoms with E-state index >= 15 is 0 Å². The maximum absolute atomic E-state index is 12.6. The molecule has 3 rings (SSSR count). The Morgan fingerprint density at radius 2 is 1.95 bits per heavy atom. The van der Waals surface area contributed by atoms with E-state index in [1.54, 1.807) is 31.4 Å². The van der Waals surface area contributed by atoms with Crippen LogP contribution in [0.2, 0.25) is 0 Å². The molecule has 1 aromatic heterocycles. The molecule has 0 unspecified atom stereocenters. The summed E-state index contributed by atoms with van der Waals surface area (Å²) in [6.07, 6.45) is 0. The minimum absolute atomic E-state index is 0.250. The molecular weight excluding hydrogens is 266 g/mol. The van der Waals surface area contributed by atoms with E-state index in [0.29, 0.717) is 22.6 Å². The molecule has 0 saturated carbocycles. The highest BCUT2D eigenvalue weighted by atomic mass is 16.5. The predicted molar refractivity (Wildman–Crippen MR) is 81.8 cm³/mol. The van der Waals surface area contributed by atoms with Gasteiger partial charge in [0.1, 0.15) is 11.3 Å². The molecule has 0 radical (unpaired) electrons. The molecule has 3 aromatic rings. The molecule has 0 spiro atoms. The standard InChI is InChI=1S/C17H15NO3/c1-10-3-6-15-11(7-10)8-16(21-15)17(19)13-9-12(20-2)4-5-14(13)18/h3-9H,18H2,1-2H3. The van der Waals surface area contributed by atoms with Gasteiger partial charge in [-0.25, -0.2) is 0 Å². The van der Waals surface area contributed by atoms with Gasteiger partial charge >= 0.3 is 0 Å². The second-order valence-electron chi connectivity index (χ2n) is 4.93. The zero-order chi connectivity index (χ0) is 15.0. The third-order valence-electron chi connectivity index (χ3n) is 3.40. The molecule has 4 nitrogen and oxygen atoms in total. The topological polar surface area (TPSA) is 65.5 Å². The first kappa shape index (κ1) is 13.2. The quantitative estimate of drug-likeness (QED) is 0.589. The summed E-state index contributed by atoms with van der Waals surface area (Å²) < 4.78 is 10.8. The lowest BCUT2D eigenvalue weighted by molar-refractivity contribution is 0.101. The average Bonchev–Trinajstić information content (AvgIpc) is 2.90. The first-order valence-electron chi connectivity index (χ1n) is 6.57. The fraction of sp³-hybridized carbons (Fsp3) is 0.118. The second-order valence-corrected chi connectivity index (χ2v) is 4.93. The van der Waals surface area contributed by atoms with Gasteiger partial charge in [0.25, 0.3) is 0 Å². The van der Waals surface area contributed by atoms with Crippen molar-refractivity contribution in [2.45, 2.75) is 6.92 Å². The van der Waals surface area contributed by atoms with Crippen LogP contribution in [0.25, 0.3) is 11.0 Å². The number of benzene rings is 2. The lowest BCUT2D eigenvalue weighted by Gasteiger charge is -2.05. The number of hydrogen-bond acceptors (Lipinski definition) is 4. The monoisotopic (exact) mass is 281 g/mol. The van der Waals surface area contributed by atoms with E-state index in [1.807, 2.05) is 25.1 Å². The summed E-state index contributed by atoms with van der Waals surface area (Å²) in [5, 5.41) is 0.903. The molecular formula is C17H15NO3. The maximum Gasteiger partial charge on any atom is 0.230 e. The van der Waals surface area contributed by atoms with Gasteiger partial charge in [-0.05, 0) is 43.3 Å². The SMILES string of the molecule is COc1ccc(N)c(C(=O)c2cc3cc(C)ccc3o2)c1. The van der Waals surface area contributed by atoms with E-state index < -0.39 is 0 Å². The van der Waals surface area contributed by atoms with Crippen molar-refractivity contribution in [3.8, 4) is 5.75 Å². The minimum Gasteiger partial charge on any atom is -0.497 e. The highest BCUT2D eigenvalue weighted by Crippen LogP contribution is 2.26. The van der Waals surface area contributed by atoms with Gasteiger partial charge in [-0.3, -0.25) is 4.79 Å². The summed E-state index contributed by atoms with van der Waals surface area (Å²) in [7, 11) is 1.55. The molecule has 2 aromatic carbocycles. The molecule has 1 heterocycles. The van der Waals surface area contributed by atoms with Crippen LogP contribution in [0.4, 0.5) is 5.69 Å². The fourth-order valence-corrected chi connectivity index (χ4v) is 2.27. The van der Waals surface area contributed by atoms with Gasteiger partial charge in [-0.15, -0.1) is 0 Å². The van der Waals surface area contributed by atoms with Crippen molar-refractivity contribution in [2.75, 3.05) is 12.8 Å². The lowest BCUT2D eigenvalue weighted by atomic mass is 10.1. The molecule has 0 aliphatic carbocycles. The Bertz CT molecular complexity index is 833. The number of carbonyl (C=O) groups is 1. The number of rotatable bonds is 3. The number of ketones is 1. The highest BCUT2D eigenvalue weighted by molar-refractivity contribution is 6.12. The average molecular weight is 281 g/mol. The van der Waals surface area contributed by atoms with Crippen LogP contribution in [0.3, 0.4) is 0 Å². The summed E-state index contributed by atoms with van der Waals surface area (Å²) in [6, 6.07) is 12.5. The second kappa shape index (κ2) is 4.98. The van der Waals surface area contributed by atoms with Gasteiger partial charge in [0, 0.05) is 11.1 Å². The molecule has 0 bridgehead atoms. The van der Waals surface area contributed by atoms with Gasteiger partial charge in [-0.2, -0.15) is 0 Å². The van der Waals surface area contributed by atoms with E-state index in [-0.39, 0.29) is 11.5 Å². The molecule has 0 aliphatic rings. The molecule has 4 heteroatoms. The molecule has 0 aliphatic heterocycles. The van der Waals surface area contributed by atoms with Gasteiger partial charge in [0.15, 0.2) is 5.76 Å². The third kappa shape index (κ3) is 2.36. The molecule has 21 heavy (non-hydrogen) atoms. The summed E-state index contributed by atoms with van der Waals surface area (Å²) in [5.41, 5.74) is 8.46. The number of hydrogen-bond donors (Lipinski definition) is 1. The minimum atomic E-state index is -0.250. The van der Waals surface area contributed by atoms with Crippen LogP contribution in [-0.4, -0.2) is 12.9 Å². The van der Waals surface area contributed by atoms with Gasteiger partial charge in [0.2, 0.25) is 5.78 Å². The number of anilines is 1. The first-order valence-corrected chi connectivity index (χ1v) is 6.57. The number of nitrogens with two attached hydrogens (primary N) is 1. The zero-order valence-corrected chi connectivity index (χ0v) is 11.8. The van der Waals surface area contributed by atoms with Crippen molar-refractivity contribution in [3.05, 3.63) is 59.4 Å². The van der Waals surface area contributed by atoms with Crippen LogP contribution in [0.1, 0.15) is 21.7 Å². The van der Waals surface area contributed by atoms with Gasteiger partial charge in [0.05, 0.1) is 12.7 Å². The van der Waals surface area contributed by atoms with Gasteiger partial charge in [-0.1, -0.05) is 11.6 Å². The summed E-state index contributed by atoms with van der Waals surface area (Å²) in [4.78, 5) is 12.6. The highest BCUT2D eigenvalue weighted by Gasteiger charge is 2.18. The maximum atomic E-state index is 12.6. The number of ether oxygens (including phenoxy) is 1. The van der Waals surface area contributed by atoms with Crippen LogP contribution < -0.4 is 10.5 Å². The summed E-state index contributed by atoms with van der Waals surface area (Å²) in [6.45, 7) is 1.99. The number of nitrogen functional groups attached to an aromatic ring is 1. The van der Waals surface area contributed by atoms with Crippen LogP contribution in [0.15, 0.2) is 46.9 Å². The van der Waals surface area contributed by atoms with Crippen LogP contribution in [0.5, 0.6) is 5.75 Å². The third-order valence-corrected chi connectivity index (χ3v) is 3.40. The van der Waals surface area contributed by atoms with E-state index in [1.165, 1.54) is 0 Å². The van der Waals surface area contributed by atoms with Crippen molar-refractivity contribution in [1.29, 1.82) is 0 Å². The molecule has 0 saturated heterocycles. The molecule has 106 valence electrons. The zero-order valence-electron chi connectivity index (χ0n) is 11.8. The van der Waals surface area contributed by atoms with Crippen molar-refractivity contribution < 1.29 is 13.9 Å². The Morgan fingerprint density at radius 3 is 2.71 bits per heavy atom. The summed E-state index contributed by atoms with van der Waals surface area (Å²) >= 11 is 0. The number of methoxy groups -OCH3 is 1. The number of aryl methyl sites for hydroxylation is 1. The van der Waals surface area contributed by atoms with E-state index in [9.17, 15) is 4.79 Å². The van der Waals surface area contributed by atoms with Crippen molar-refractivity contribution in [3.63, 3.8) is 0 Å². The Hall–Kier alpha value is -2.75. The Labute approximate surface area is 122 Å². The Morgan fingerprint density at radius 1 is 1.14 bits per heavy atom. The van der Waals surface area contributed by atoms with E-state index in [4.69, 9.17) is 14.9 Å². The Kier molecular flexibility index (Phi) is 3.14. The lowest BCUT2D eigenvalue weighted by Crippen LogP contribution is -2.04. The number of fused-ring (bicyclic) bond motifs is 1. The van der Waals surface area contributed by atoms with E-state index in [2.05, 4.69) is 0 Å². The first-order chi connectivity index (χ1) is 10.1. The molecule has 0 atom stereocenters. The number of furan rings is 1. The van der Waals surface area contributed by atoms with Crippen molar-refractivity contribution in [1.82, 2.24) is 0 Å². The fourth-order valence-electron chi connectivity index (χ4n) is 2.27. The van der Waals surface area contributed by atoms with Crippen LogP contribution >= 0.6 is 0 Å². The predicted octanol–water partition coefficient (Wildman–Crippen LogP) is 3.56. The van der Waals surface area contributed by atoms with Crippen molar-refractivity contribution >= 4 is 22.4 Å². The van der Waals surface area contributed by atoms with Crippen LogP contribution in [-0.2, 0) is 0 Å². The Balaban J connectivity index is 2.07. The summed E-state index contributed by atoms with van der Waals surface area (Å²) in [5.74, 6) is 0.607. The molecule has 0 amide bonds. The van der Waals surface area contributed by atoms with Gasteiger partial charge < -0.3 is 14.9 Å². The number of carbonyl (C=O) groups excluding carboxylic acids is 1. The smallest absolute Gasteiger partial charge is 0.230 e. The molecule has 0 fully saturated rings. The largest absolute Gasteiger partial charge is 0.497 e.